The van der Waals surface area contributed by atoms with Crippen LogP contribution < -0.4 is 10.6 Å². The van der Waals surface area contributed by atoms with Crippen LogP contribution >= 0.6 is 0 Å². The number of nitrogens with zero attached hydrogens (tertiary/aromatic N) is 2. The van der Waals surface area contributed by atoms with Gasteiger partial charge < -0.3 is 10.6 Å². The van der Waals surface area contributed by atoms with Crippen molar-refractivity contribution in [1.82, 2.24) is 15.5 Å². The topological polar surface area (TPSA) is 39.7 Å². The van der Waals surface area contributed by atoms with E-state index in [1.807, 2.05) is 6.08 Å². The predicted octanol–water partition coefficient (Wildman–Crippen LogP) is 1.78. The Kier molecular flexibility index (Phi) is 5.81. The summed E-state index contributed by atoms with van der Waals surface area (Å²) < 4.78 is 0. The summed E-state index contributed by atoms with van der Waals surface area (Å²) in [6, 6.07) is 9.23. The molecule has 1 heterocycles. The molecular weight excluding hydrogens is 260 g/mol. The fourth-order valence-electron chi connectivity index (χ4n) is 2.66. The number of hydrogen-bond acceptors (Lipinski definition) is 2. The molecule has 4 heteroatoms. The van der Waals surface area contributed by atoms with Crippen molar-refractivity contribution in [1.29, 1.82) is 0 Å². The lowest BCUT2D eigenvalue weighted by molar-refractivity contribution is 0.191. The number of aliphatic imine (C=N–C) groups is 1. The number of nitrogens with one attached hydrogen (secondary N) is 2. The molecule has 1 aliphatic heterocycles. The quantitative estimate of drug-likeness (QED) is 0.492. The Morgan fingerprint density at radius 1 is 1.38 bits per heavy atom. The lowest BCUT2D eigenvalue weighted by Gasteiger charge is -2.34. The van der Waals surface area contributed by atoms with Gasteiger partial charge in [0.15, 0.2) is 5.96 Å². The van der Waals surface area contributed by atoms with E-state index in [0.29, 0.717) is 6.04 Å². The molecule has 2 rings (SSSR count). The monoisotopic (exact) mass is 286 g/mol. The molecule has 0 amide bonds. The van der Waals surface area contributed by atoms with Crippen LogP contribution in [0.1, 0.15) is 18.1 Å². The Hall–Kier alpha value is -1.81. The van der Waals surface area contributed by atoms with E-state index in [2.05, 4.69) is 58.3 Å². The summed E-state index contributed by atoms with van der Waals surface area (Å²) in [7, 11) is 1.79. The minimum Gasteiger partial charge on any atom is -0.355 e. The minimum atomic E-state index is 0.473. The van der Waals surface area contributed by atoms with Crippen molar-refractivity contribution in [2.24, 2.45) is 4.99 Å². The molecule has 1 aliphatic rings. The zero-order valence-corrected chi connectivity index (χ0v) is 13.1. The highest BCUT2D eigenvalue weighted by Crippen LogP contribution is 2.19. The number of rotatable bonds is 5. The molecule has 0 bridgehead atoms. The van der Waals surface area contributed by atoms with Gasteiger partial charge >= 0.3 is 0 Å². The second kappa shape index (κ2) is 7.84. The van der Waals surface area contributed by atoms with Crippen LogP contribution in [0.25, 0.3) is 0 Å². The van der Waals surface area contributed by atoms with Crippen LogP contribution in [0.3, 0.4) is 0 Å². The first kappa shape index (κ1) is 15.6. The van der Waals surface area contributed by atoms with Gasteiger partial charge in [0, 0.05) is 39.3 Å². The molecule has 1 aromatic carbocycles. The lowest BCUT2D eigenvalue weighted by atomic mass is 9.99. The lowest BCUT2D eigenvalue weighted by Crippen LogP contribution is -2.47. The molecule has 2 N–H and O–H groups in total. The number of guanidine groups is 1. The van der Waals surface area contributed by atoms with Gasteiger partial charge in [-0.05, 0) is 24.5 Å². The van der Waals surface area contributed by atoms with Gasteiger partial charge in [0.25, 0.3) is 0 Å². The van der Waals surface area contributed by atoms with Crippen LogP contribution in [0.5, 0.6) is 0 Å². The Morgan fingerprint density at radius 3 is 2.86 bits per heavy atom. The maximum Gasteiger partial charge on any atom is 0.191 e. The summed E-state index contributed by atoms with van der Waals surface area (Å²) in [5, 5.41) is 6.57. The molecule has 1 unspecified atom stereocenters. The van der Waals surface area contributed by atoms with Crippen molar-refractivity contribution in [3.8, 4) is 0 Å². The standard InChI is InChI=1S/C17H26N4/c1-4-10-19-17(18-3)20-12-14(2)21-11-9-15-7-5-6-8-16(15)13-21/h4-8,14H,1,9-13H2,2-3H3,(H2,18,19,20). The highest BCUT2D eigenvalue weighted by atomic mass is 15.2. The fourth-order valence-corrected chi connectivity index (χ4v) is 2.66. The van der Waals surface area contributed by atoms with Gasteiger partial charge in [-0.1, -0.05) is 30.3 Å². The molecule has 0 fully saturated rings. The Labute approximate surface area is 128 Å². The molecule has 0 aromatic heterocycles. The molecule has 1 aromatic rings. The van der Waals surface area contributed by atoms with Gasteiger partial charge in [0.2, 0.25) is 0 Å². The summed E-state index contributed by atoms with van der Waals surface area (Å²) in [6.45, 7) is 9.75. The molecule has 0 radical (unpaired) electrons. The van der Waals surface area contributed by atoms with Gasteiger partial charge in [-0.15, -0.1) is 6.58 Å². The van der Waals surface area contributed by atoms with E-state index in [-0.39, 0.29) is 0 Å². The number of benzene rings is 1. The highest BCUT2D eigenvalue weighted by Gasteiger charge is 2.20. The maximum atomic E-state index is 4.21. The van der Waals surface area contributed by atoms with Gasteiger partial charge in [0.1, 0.15) is 0 Å². The summed E-state index contributed by atoms with van der Waals surface area (Å²) in [4.78, 5) is 6.73. The van der Waals surface area contributed by atoms with Crippen molar-refractivity contribution < 1.29 is 0 Å². The Balaban J connectivity index is 1.84. The zero-order chi connectivity index (χ0) is 15.1. The first-order valence-electron chi connectivity index (χ1n) is 7.61. The molecule has 0 spiro atoms. The molecule has 4 nitrogen and oxygen atoms in total. The van der Waals surface area contributed by atoms with Crippen molar-refractivity contribution >= 4 is 5.96 Å². The van der Waals surface area contributed by atoms with Gasteiger partial charge in [-0.25, -0.2) is 0 Å². The third-order valence-electron chi connectivity index (χ3n) is 3.99. The highest BCUT2D eigenvalue weighted by molar-refractivity contribution is 5.79. The smallest absolute Gasteiger partial charge is 0.191 e. The third kappa shape index (κ3) is 4.33. The molecule has 0 saturated carbocycles. The SMILES string of the molecule is C=CCNC(=NC)NCC(C)N1CCc2ccccc2C1. The zero-order valence-electron chi connectivity index (χ0n) is 13.1. The summed E-state index contributed by atoms with van der Waals surface area (Å²) in [5.74, 6) is 0.833. The van der Waals surface area contributed by atoms with Crippen LogP contribution in [0, 0.1) is 0 Å². The average molecular weight is 286 g/mol. The van der Waals surface area contributed by atoms with Gasteiger partial charge in [0.05, 0.1) is 0 Å². The van der Waals surface area contributed by atoms with E-state index in [1.54, 1.807) is 7.05 Å². The van der Waals surface area contributed by atoms with E-state index < -0.39 is 0 Å². The Bertz CT molecular complexity index is 495. The van der Waals surface area contributed by atoms with E-state index in [0.717, 1.165) is 38.6 Å². The predicted molar refractivity (Wildman–Crippen MR) is 89.6 cm³/mol. The van der Waals surface area contributed by atoms with E-state index >= 15 is 0 Å². The van der Waals surface area contributed by atoms with Crippen LogP contribution in [-0.2, 0) is 13.0 Å². The summed E-state index contributed by atoms with van der Waals surface area (Å²) in [6.07, 6.45) is 2.97. The van der Waals surface area contributed by atoms with Crippen LogP contribution in [0.15, 0.2) is 41.9 Å². The van der Waals surface area contributed by atoms with E-state index in [1.165, 1.54) is 11.1 Å². The second-order valence-corrected chi connectivity index (χ2v) is 5.46. The van der Waals surface area contributed by atoms with E-state index in [4.69, 9.17) is 0 Å². The number of hydrogen-bond donors (Lipinski definition) is 2. The molecule has 1 atom stereocenters. The first-order chi connectivity index (χ1) is 10.2. The largest absolute Gasteiger partial charge is 0.355 e. The van der Waals surface area contributed by atoms with Crippen molar-refractivity contribution in [3.05, 3.63) is 48.0 Å². The molecule has 0 saturated heterocycles. The fraction of sp³-hybridized carbons (Fsp3) is 0.471. The second-order valence-electron chi connectivity index (χ2n) is 5.46. The summed E-state index contributed by atoms with van der Waals surface area (Å²) in [5.41, 5.74) is 2.96. The van der Waals surface area contributed by atoms with Crippen molar-refractivity contribution in [2.75, 3.05) is 26.7 Å². The molecular formula is C17H26N4. The molecule has 0 aliphatic carbocycles. The normalized spacial score (nSPS) is 17.0. The summed E-state index contributed by atoms with van der Waals surface area (Å²) >= 11 is 0. The molecule has 21 heavy (non-hydrogen) atoms. The molecule has 114 valence electrons. The maximum absolute atomic E-state index is 4.21. The Morgan fingerprint density at radius 2 is 2.14 bits per heavy atom. The van der Waals surface area contributed by atoms with Crippen LogP contribution in [-0.4, -0.2) is 43.6 Å². The minimum absolute atomic E-state index is 0.473. The van der Waals surface area contributed by atoms with Crippen molar-refractivity contribution in [2.45, 2.75) is 25.9 Å². The van der Waals surface area contributed by atoms with Gasteiger partial charge in [-0.2, -0.15) is 0 Å². The van der Waals surface area contributed by atoms with Gasteiger partial charge in [-0.3, -0.25) is 9.89 Å². The number of fused-ring (bicyclic) bond motifs is 1. The first-order valence-corrected chi connectivity index (χ1v) is 7.61. The van der Waals surface area contributed by atoms with E-state index in [9.17, 15) is 0 Å². The van der Waals surface area contributed by atoms with Crippen LogP contribution in [0.4, 0.5) is 0 Å². The van der Waals surface area contributed by atoms with Crippen LogP contribution in [0.2, 0.25) is 0 Å². The average Bonchev–Trinajstić information content (AvgIpc) is 2.54. The van der Waals surface area contributed by atoms with Crippen molar-refractivity contribution in [3.63, 3.8) is 0 Å². The third-order valence-corrected chi connectivity index (χ3v) is 3.99.